The number of halogens is 1. The van der Waals surface area contributed by atoms with E-state index >= 15 is 0 Å². The molecule has 8 nitrogen and oxygen atoms in total. The van der Waals surface area contributed by atoms with Gasteiger partial charge in [0, 0.05) is 43.9 Å². The Morgan fingerprint density at radius 2 is 1.62 bits per heavy atom. The summed E-state index contributed by atoms with van der Waals surface area (Å²) in [7, 11) is -3.78. The molecule has 0 unspecified atom stereocenters. The number of anilines is 1. The van der Waals surface area contributed by atoms with Crippen molar-refractivity contribution in [2.24, 2.45) is 0 Å². The largest absolute Gasteiger partial charge is 0.494 e. The highest BCUT2D eigenvalue weighted by molar-refractivity contribution is 7.89. The normalized spacial score (nSPS) is 14.7. The standard InChI is InChI=1S/C24H27FN4O4S/c1-3-32-20-9-10-22(33-4-2)23(15-20)34(30,31)29-13-11-28(12-14-29)24-16-21(26-17-27-24)18-5-7-19(25)8-6-18/h5-10,15-17H,3-4,11-14H2,1-2H3. The predicted octanol–water partition coefficient (Wildman–Crippen LogP) is 3.59. The second-order valence-electron chi connectivity index (χ2n) is 7.63. The zero-order chi connectivity index (χ0) is 24.1. The molecule has 0 spiro atoms. The molecule has 0 aliphatic carbocycles. The summed E-state index contributed by atoms with van der Waals surface area (Å²) in [6.07, 6.45) is 1.46. The molecule has 3 aromatic rings. The minimum atomic E-state index is -3.78. The van der Waals surface area contributed by atoms with E-state index in [9.17, 15) is 12.8 Å². The molecule has 2 aromatic carbocycles. The third-order valence-electron chi connectivity index (χ3n) is 5.50. The van der Waals surface area contributed by atoms with E-state index in [1.165, 1.54) is 28.8 Å². The van der Waals surface area contributed by atoms with Crippen molar-refractivity contribution in [2.75, 3.05) is 44.3 Å². The zero-order valence-electron chi connectivity index (χ0n) is 19.1. The molecule has 1 aliphatic heterocycles. The van der Waals surface area contributed by atoms with Crippen LogP contribution in [-0.2, 0) is 10.0 Å². The lowest BCUT2D eigenvalue weighted by molar-refractivity contribution is 0.319. The first-order valence-electron chi connectivity index (χ1n) is 11.1. The van der Waals surface area contributed by atoms with Crippen LogP contribution in [0.25, 0.3) is 11.3 Å². The fraction of sp³-hybridized carbons (Fsp3) is 0.333. The van der Waals surface area contributed by atoms with Crippen LogP contribution in [0.15, 0.2) is 59.8 Å². The maximum atomic E-state index is 13.5. The first kappa shape index (κ1) is 23.9. The third-order valence-corrected chi connectivity index (χ3v) is 7.42. The monoisotopic (exact) mass is 486 g/mol. The van der Waals surface area contributed by atoms with Crippen molar-refractivity contribution in [1.82, 2.24) is 14.3 Å². The van der Waals surface area contributed by atoms with Gasteiger partial charge in [-0.1, -0.05) is 0 Å². The van der Waals surface area contributed by atoms with Gasteiger partial charge in [-0.2, -0.15) is 4.31 Å². The van der Waals surface area contributed by atoms with Crippen LogP contribution in [0.1, 0.15) is 13.8 Å². The number of sulfonamides is 1. The average Bonchev–Trinajstić information content (AvgIpc) is 2.86. The molecule has 0 amide bonds. The Morgan fingerprint density at radius 1 is 0.912 bits per heavy atom. The summed E-state index contributed by atoms with van der Waals surface area (Å²) in [6, 6.07) is 12.8. The molecule has 1 aromatic heterocycles. The van der Waals surface area contributed by atoms with Crippen LogP contribution >= 0.6 is 0 Å². The van der Waals surface area contributed by atoms with Gasteiger partial charge in [0.2, 0.25) is 10.0 Å². The van der Waals surface area contributed by atoms with Gasteiger partial charge in [0.1, 0.15) is 34.4 Å². The van der Waals surface area contributed by atoms with Crippen LogP contribution in [0.3, 0.4) is 0 Å². The third kappa shape index (κ3) is 5.13. The summed E-state index contributed by atoms with van der Waals surface area (Å²) in [6.45, 7) is 5.97. The molecule has 0 N–H and O–H groups in total. The number of aromatic nitrogens is 2. The number of rotatable bonds is 8. The van der Waals surface area contributed by atoms with Crippen molar-refractivity contribution < 1.29 is 22.3 Å². The number of hydrogen-bond acceptors (Lipinski definition) is 7. The molecule has 1 aliphatic rings. The van der Waals surface area contributed by atoms with Gasteiger partial charge in [-0.25, -0.2) is 22.8 Å². The molecule has 180 valence electrons. The summed E-state index contributed by atoms with van der Waals surface area (Å²) in [5, 5.41) is 0. The predicted molar refractivity (Wildman–Crippen MR) is 127 cm³/mol. The van der Waals surface area contributed by atoms with Crippen molar-refractivity contribution in [3.63, 3.8) is 0 Å². The lowest BCUT2D eigenvalue weighted by Gasteiger charge is -2.35. The average molecular weight is 487 g/mol. The molecule has 0 saturated carbocycles. The zero-order valence-corrected chi connectivity index (χ0v) is 20.0. The van der Waals surface area contributed by atoms with Crippen LogP contribution < -0.4 is 14.4 Å². The minimum Gasteiger partial charge on any atom is -0.494 e. The Bertz CT molecular complexity index is 1230. The summed E-state index contributed by atoms with van der Waals surface area (Å²) >= 11 is 0. The van der Waals surface area contributed by atoms with E-state index in [2.05, 4.69) is 9.97 Å². The Balaban J connectivity index is 1.51. The fourth-order valence-corrected chi connectivity index (χ4v) is 5.38. The minimum absolute atomic E-state index is 0.106. The van der Waals surface area contributed by atoms with Gasteiger partial charge in [-0.15, -0.1) is 0 Å². The van der Waals surface area contributed by atoms with Crippen molar-refractivity contribution in [1.29, 1.82) is 0 Å². The van der Waals surface area contributed by atoms with Gasteiger partial charge in [0.15, 0.2) is 0 Å². The Labute approximate surface area is 199 Å². The maximum Gasteiger partial charge on any atom is 0.247 e. The van der Waals surface area contributed by atoms with Crippen LogP contribution in [0, 0.1) is 5.82 Å². The molecule has 1 fully saturated rings. The van der Waals surface area contributed by atoms with E-state index in [0.717, 1.165) is 5.56 Å². The van der Waals surface area contributed by atoms with E-state index < -0.39 is 10.0 Å². The summed E-state index contributed by atoms with van der Waals surface area (Å²) in [5.41, 5.74) is 1.46. The van der Waals surface area contributed by atoms with Gasteiger partial charge in [0.05, 0.1) is 18.9 Å². The highest BCUT2D eigenvalue weighted by atomic mass is 32.2. The second-order valence-corrected chi connectivity index (χ2v) is 9.54. The van der Waals surface area contributed by atoms with Crippen molar-refractivity contribution >= 4 is 15.8 Å². The van der Waals surface area contributed by atoms with Crippen LogP contribution in [0.5, 0.6) is 11.5 Å². The molecular weight excluding hydrogens is 459 g/mol. The van der Waals surface area contributed by atoms with E-state index in [1.54, 1.807) is 24.3 Å². The highest BCUT2D eigenvalue weighted by Gasteiger charge is 2.32. The molecule has 1 saturated heterocycles. The molecule has 0 bridgehead atoms. The quantitative estimate of drug-likeness (QED) is 0.481. The Kier molecular flexibility index (Phi) is 7.28. The first-order valence-corrected chi connectivity index (χ1v) is 12.6. The second kappa shape index (κ2) is 10.4. The summed E-state index contributed by atoms with van der Waals surface area (Å²) in [4.78, 5) is 10.8. The van der Waals surface area contributed by atoms with E-state index in [-0.39, 0.29) is 10.7 Å². The Morgan fingerprint density at radius 3 is 2.29 bits per heavy atom. The van der Waals surface area contributed by atoms with Gasteiger partial charge < -0.3 is 14.4 Å². The van der Waals surface area contributed by atoms with Gasteiger partial charge in [-0.3, -0.25) is 0 Å². The number of hydrogen-bond donors (Lipinski definition) is 0. The van der Waals surface area contributed by atoms with E-state index in [1.807, 2.05) is 24.8 Å². The van der Waals surface area contributed by atoms with Crippen molar-refractivity contribution in [3.8, 4) is 22.8 Å². The maximum absolute atomic E-state index is 13.5. The van der Waals surface area contributed by atoms with Gasteiger partial charge in [-0.05, 0) is 50.2 Å². The molecule has 0 radical (unpaired) electrons. The molecule has 10 heteroatoms. The first-order chi connectivity index (χ1) is 16.4. The van der Waals surface area contributed by atoms with Crippen LogP contribution in [0.2, 0.25) is 0 Å². The van der Waals surface area contributed by atoms with Crippen molar-refractivity contribution in [2.45, 2.75) is 18.7 Å². The lowest BCUT2D eigenvalue weighted by Crippen LogP contribution is -2.49. The number of benzene rings is 2. The number of ether oxygens (including phenoxy) is 2. The Hall–Kier alpha value is -3.24. The SMILES string of the molecule is CCOc1ccc(OCC)c(S(=O)(=O)N2CCN(c3cc(-c4ccc(F)cc4)ncn3)CC2)c1. The van der Waals surface area contributed by atoms with E-state index in [0.29, 0.717) is 62.4 Å². The summed E-state index contributed by atoms with van der Waals surface area (Å²) in [5.74, 6) is 1.18. The number of nitrogens with zero attached hydrogens (tertiary/aromatic N) is 4. The van der Waals surface area contributed by atoms with Gasteiger partial charge in [0.25, 0.3) is 0 Å². The molecule has 4 rings (SSSR count). The molecule has 0 atom stereocenters. The lowest BCUT2D eigenvalue weighted by atomic mass is 10.1. The molecule has 34 heavy (non-hydrogen) atoms. The number of piperazine rings is 1. The molecular formula is C24H27FN4O4S. The van der Waals surface area contributed by atoms with Crippen LogP contribution in [0.4, 0.5) is 10.2 Å². The smallest absolute Gasteiger partial charge is 0.247 e. The van der Waals surface area contributed by atoms with Crippen LogP contribution in [-0.4, -0.2) is 62.1 Å². The topological polar surface area (TPSA) is 84.9 Å². The molecule has 2 heterocycles. The van der Waals surface area contributed by atoms with E-state index in [4.69, 9.17) is 9.47 Å². The fourth-order valence-electron chi connectivity index (χ4n) is 3.82. The van der Waals surface area contributed by atoms with Gasteiger partial charge >= 0.3 is 0 Å². The van der Waals surface area contributed by atoms with Crippen molar-refractivity contribution in [3.05, 3.63) is 60.7 Å². The summed E-state index contributed by atoms with van der Waals surface area (Å²) < 4.78 is 52.7. The highest BCUT2D eigenvalue weighted by Crippen LogP contribution is 2.32.